The van der Waals surface area contributed by atoms with Gasteiger partial charge in [0.2, 0.25) is 5.91 Å². The molecule has 0 radical (unpaired) electrons. The molecule has 0 saturated carbocycles. The highest BCUT2D eigenvalue weighted by Crippen LogP contribution is 2.24. The van der Waals surface area contributed by atoms with Gasteiger partial charge in [0.25, 0.3) is 0 Å². The van der Waals surface area contributed by atoms with Gasteiger partial charge >= 0.3 is 5.97 Å². The number of amides is 1. The lowest BCUT2D eigenvalue weighted by Gasteiger charge is -2.17. The molecule has 0 spiro atoms. The lowest BCUT2D eigenvalue weighted by Crippen LogP contribution is -2.25. The molecule has 1 N–H and O–H groups in total. The fraction of sp³-hybridized carbons (Fsp3) is 0.385. The van der Waals surface area contributed by atoms with Crippen molar-refractivity contribution in [2.45, 2.75) is 19.9 Å². The fourth-order valence-corrected chi connectivity index (χ4v) is 2.37. The summed E-state index contributed by atoms with van der Waals surface area (Å²) in [5.74, 6) is -1.64. The lowest BCUT2D eigenvalue weighted by molar-refractivity contribution is -0.141. The number of nitrogens with zero attached hydrogens (tertiary/aromatic N) is 1. The highest BCUT2D eigenvalue weighted by molar-refractivity contribution is 6.31. The third-order valence-corrected chi connectivity index (χ3v) is 3.49. The number of halogens is 1. The van der Waals surface area contributed by atoms with Crippen LogP contribution in [-0.2, 0) is 16.1 Å². The Hall–Kier alpha value is -1.55. The van der Waals surface area contributed by atoms with E-state index in [2.05, 4.69) is 0 Å². The molecule has 1 unspecified atom stereocenters. The largest absolute Gasteiger partial charge is 0.481 e. The van der Waals surface area contributed by atoms with Crippen molar-refractivity contribution in [1.29, 1.82) is 0 Å². The molecule has 2 rings (SSSR count). The van der Waals surface area contributed by atoms with Gasteiger partial charge in [-0.05, 0) is 24.1 Å². The summed E-state index contributed by atoms with van der Waals surface area (Å²) in [6, 6.07) is 5.64. The van der Waals surface area contributed by atoms with Crippen molar-refractivity contribution in [2.24, 2.45) is 5.92 Å². The predicted octanol–water partition coefficient (Wildman–Crippen LogP) is 2.08. The number of carbonyl (C=O) groups excluding carboxylic acids is 1. The molecule has 1 aromatic carbocycles. The molecule has 0 aromatic heterocycles. The second kappa shape index (κ2) is 4.98. The zero-order valence-electron chi connectivity index (χ0n) is 10.0. The van der Waals surface area contributed by atoms with Gasteiger partial charge in [-0.3, -0.25) is 9.59 Å². The van der Waals surface area contributed by atoms with E-state index >= 15 is 0 Å². The van der Waals surface area contributed by atoms with Crippen molar-refractivity contribution < 1.29 is 14.7 Å². The number of benzene rings is 1. The fourth-order valence-electron chi connectivity index (χ4n) is 2.08. The van der Waals surface area contributed by atoms with Gasteiger partial charge in [-0.25, -0.2) is 0 Å². The van der Waals surface area contributed by atoms with E-state index < -0.39 is 11.9 Å². The maximum atomic E-state index is 11.7. The third-order valence-electron chi connectivity index (χ3n) is 3.13. The van der Waals surface area contributed by atoms with E-state index in [1.807, 2.05) is 25.1 Å². The lowest BCUT2D eigenvalue weighted by atomic mass is 10.1. The van der Waals surface area contributed by atoms with Crippen LogP contribution in [0.1, 0.15) is 17.5 Å². The smallest absolute Gasteiger partial charge is 0.308 e. The van der Waals surface area contributed by atoms with E-state index in [-0.39, 0.29) is 18.9 Å². The van der Waals surface area contributed by atoms with Crippen molar-refractivity contribution >= 4 is 23.5 Å². The van der Waals surface area contributed by atoms with Crippen LogP contribution in [0.5, 0.6) is 0 Å². The zero-order valence-corrected chi connectivity index (χ0v) is 10.8. The Balaban J connectivity index is 2.10. The minimum Gasteiger partial charge on any atom is -0.481 e. The van der Waals surface area contributed by atoms with Crippen LogP contribution in [0.4, 0.5) is 0 Å². The second-order valence-electron chi connectivity index (χ2n) is 4.61. The Labute approximate surface area is 110 Å². The maximum absolute atomic E-state index is 11.7. The van der Waals surface area contributed by atoms with Gasteiger partial charge in [0, 0.05) is 24.5 Å². The molecule has 96 valence electrons. The molecule has 5 heteroatoms. The molecule has 1 amide bonds. The van der Waals surface area contributed by atoms with Gasteiger partial charge in [-0.2, -0.15) is 0 Å². The first-order valence-corrected chi connectivity index (χ1v) is 6.11. The van der Waals surface area contributed by atoms with Crippen LogP contribution >= 0.6 is 11.6 Å². The molecule has 0 bridgehead atoms. The number of carbonyl (C=O) groups is 2. The first-order valence-electron chi connectivity index (χ1n) is 5.73. The summed E-state index contributed by atoms with van der Waals surface area (Å²) in [6.07, 6.45) is 0.0822. The monoisotopic (exact) mass is 267 g/mol. The summed E-state index contributed by atoms with van der Waals surface area (Å²) in [5, 5.41) is 9.51. The molecule has 1 aromatic rings. The molecular formula is C13H14ClNO3. The van der Waals surface area contributed by atoms with Crippen LogP contribution in [-0.4, -0.2) is 28.4 Å². The number of aliphatic carboxylic acids is 1. The summed E-state index contributed by atoms with van der Waals surface area (Å²) in [5.41, 5.74) is 1.90. The highest BCUT2D eigenvalue weighted by Gasteiger charge is 2.34. The van der Waals surface area contributed by atoms with Crippen molar-refractivity contribution in [3.63, 3.8) is 0 Å². The van der Waals surface area contributed by atoms with Crippen LogP contribution in [0.25, 0.3) is 0 Å². The van der Waals surface area contributed by atoms with Gasteiger partial charge in [0.1, 0.15) is 0 Å². The molecule has 1 aliphatic rings. The van der Waals surface area contributed by atoms with Crippen LogP contribution in [0.2, 0.25) is 5.02 Å². The van der Waals surface area contributed by atoms with Gasteiger partial charge in [0.15, 0.2) is 0 Å². The molecule has 1 heterocycles. The first-order chi connectivity index (χ1) is 8.47. The number of carboxylic acid groups (broad SMARTS) is 1. The average Bonchev–Trinajstić information content (AvgIpc) is 2.64. The Bertz CT molecular complexity index is 501. The van der Waals surface area contributed by atoms with E-state index in [0.717, 1.165) is 11.1 Å². The SMILES string of the molecule is Cc1ccc(CN2CC(C(=O)O)CC2=O)c(Cl)c1. The molecule has 0 aliphatic carbocycles. The minimum absolute atomic E-state index is 0.0822. The van der Waals surface area contributed by atoms with Crippen LogP contribution < -0.4 is 0 Å². The van der Waals surface area contributed by atoms with Crippen molar-refractivity contribution in [2.75, 3.05) is 6.54 Å². The molecule has 1 aliphatic heterocycles. The van der Waals surface area contributed by atoms with E-state index in [9.17, 15) is 9.59 Å². The van der Waals surface area contributed by atoms with E-state index in [1.165, 1.54) is 0 Å². The average molecular weight is 268 g/mol. The Morgan fingerprint density at radius 2 is 2.28 bits per heavy atom. The van der Waals surface area contributed by atoms with Gasteiger partial charge in [-0.15, -0.1) is 0 Å². The zero-order chi connectivity index (χ0) is 13.3. The topological polar surface area (TPSA) is 57.6 Å². The second-order valence-corrected chi connectivity index (χ2v) is 5.02. The standard InChI is InChI=1S/C13H14ClNO3/c1-8-2-3-9(11(14)4-8)6-15-7-10(13(17)18)5-12(15)16/h2-4,10H,5-7H2,1H3,(H,17,18). The van der Waals surface area contributed by atoms with Crippen LogP contribution in [0.15, 0.2) is 18.2 Å². The van der Waals surface area contributed by atoms with Gasteiger partial charge < -0.3 is 10.0 Å². The molecule has 1 saturated heterocycles. The Morgan fingerprint density at radius 1 is 1.56 bits per heavy atom. The summed E-state index contributed by atoms with van der Waals surface area (Å²) >= 11 is 6.10. The summed E-state index contributed by atoms with van der Waals surface area (Å²) in [6.45, 7) is 2.58. The van der Waals surface area contributed by atoms with E-state index in [0.29, 0.717) is 11.6 Å². The van der Waals surface area contributed by atoms with Crippen LogP contribution in [0.3, 0.4) is 0 Å². The number of hydrogen-bond donors (Lipinski definition) is 1. The summed E-state index contributed by atoms with van der Waals surface area (Å²) < 4.78 is 0. The summed E-state index contributed by atoms with van der Waals surface area (Å²) in [4.78, 5) is 24.1. The molecule has 18 heavy (non-hydrogen) atoms. The van der Waals surface area contributed by atoms with Crippen molar-refractivity contribution in [1.82, 2.24) is 4.90 Å². The number of rotatable bonds is 3. The third kappa shape index (κ3) is 2.64. The molecule has 1 atom stereocenters. The molecule has 4 nitrogen and oxygen atoms in total. The normalized spacial score (nSPS) is 19.3. The summed E-state index contributed by atoms with van der Waals surface area (Å²) in [7, 11) is 0. The highest BCUT2D eigenvalue weighted by atomic mass is 35.5. The Kier molecular flexibility index (Phi) is 3.57. The number of carboxylic acids is 1. The number of aryl methyl sites for hydroxylation is 1. The number of hydrogen-bond acceptors (Lipinski definition) is 2. The predicted molar refractivity (Wildman–Crippen MR) is 67.3 cm³/mol. The Morgan fingerprint density at radius 3 is 2.83 bits per heavy atom. The quantitative estimate of drug-likeness (QED) is 0.912. The van der Waals surface area contributed by atoms with E-state index in [4.69, 9.17) is 16.7 Å². The first kappa shape index (κ1) is 12.9. The molecular weight excluding hydrogens is 254 g/mol. The van der Waals surface area contributed by atoms with E-state index in [1.54, 1.807) is 4.90 Å². The van der Waals surface area contributed by atoms with Crippen molar-refractivity contribution in [3.8, 4) is 0 Å². The van der Waals surface area contributed by atoms with Gasteiger partial charge in [-0.1, -0.05) is 23.7 Å². The molecule has 1 fully saturated rings. The minimum atomic E-state index is -0.916. The maximum Gasteiger partial charge on any atom is 0.308 e. The number of likely N-dealkylation sites (tertiary alicyclic amines) is 1. The van der Waals surface area contributed by atoms with Gasteiger partial charge in [0.05, 0.1) is 5.92 Å². The van der Waals surface area contributed by atoms with Crippen molar-refractivity contribution in [3.05, 3.63) is 34.3 Å². The van der Waals surface area contributed by atoms with Crippen LogP contribution in [0, 0.1) is 12.8 Å².